The molecule has 0 fully saturated rings. The lowest BCUT2D eigenvalue weighted by Crippen LogP contribution is -2.31. The van der Waals surface area contributed by atoms with E-state index in [4.69, 9.17) is 5.84 Å². The quantitative estimate of drug-likeness (QED) is 0.217. The van der Waals surface area contributed by atoms with Gasteiger partial charge in [0.05, 0.1) is 6.42 Å². The highest BCUT2D eigenvalue weighted by Gasteiger charge is 2.10. The molecule has 5 heteroatoms. The Labute approximate surface area is 95.0 Å². The summed E-state index contributed by atoms with van der Waals surface area (Å²) < 4.78 is 0.960. The van der Waals surface area contributed by atoms with Gasteiger partial charge < -0.3 is 0 Å². The first-order valence-electron chi connectivity index (χ1n) is 3.91. The topological polar surface area (TPSA) is 72.2 Å². The number of ketones is 1. The van der Waals surface area contributed by atoms with Crippen molar-refractivity contribution in [1.82, 2.24) is 5.43 Å². The molecule has 0 heterocycles. The number of hydrazine groups is 1. The molecular formula is C9H9IN2O2. The van der Waals surface area contributed by atoms with Gasteiger partial charge in [-0.1, -0.05) is 12.1 Å². The van der Waals surface area contributed by atoms with E-state index in [9.17, 15) is 9.59 Å². The van der Waals surface area contributed by atoms with E-state index in [0.29, 0.717) is 5.56 Å². The number of halogens is 1. The molecule has 1 aromatic carbocycles. The molecule has 74 valence electrons. The summed E-state index contributed by atoms with van der Waals surface area (Å²) in [6.07, 6.45) is -0.212. The Hall–Kier alpha value is -0.950. The number of Topliss-reactive ketones (excluding diaryl/α,β-unsaturated/α-hetero) is 1. The van der Waals surface area contributed by atoms with Crippen molar-refractivity contribution in [3.63, 3.8) is 0 Å². The van der Waals surface area contributed by atoms with E-state index in [-0.39, 0.29) is 12.2 Å². The first-order valence-corrected chi connectivity index (χ1v) is 4.99. The monoisotopic (exact) mass is 304 g/mol. The molecule has 1 aromatic rings. The van der Waals surface area contributed by atoms with E-state index in [1.807, 2.05) is 11.5 Å². The summed E-state index contributed by atoms with van der Waals surface area (Å²) in [5.41, 5.74) is 2.45. The van der Waals surface area contributed by atoms with Crippen LogP contribution in [0.2, 0.25) is 0 Å². The molecule has 0 aliphatic carbocycles. The molecule has 0 saturated carbocycles. The Morgan fingerprint density at radius 3 is 2.71 bits per heavy atom. The maximum absolute atomic E-state index is 11.4. The van der Waals surface area contributed by atoms with E-state index in [0.717, 1.165) is 3.57 Å². The van der Waals surface area contributed by atoms with Gasteiger partial charge in [0.15, 0.2) is 5.78 Å². The van der Waals surface area contributed by atoms with Gasteiger partial charge in [0.25, 0.3) is 0 Å². The molecule has 0 aromatic heterocycles. The molecule has 0 unspecified atom stereocenters. The third kappa shape index (κ3) is 3.08. The van der Waals surface area contributed by atoms with Crippen LogP contribution in [0.1, 0.15) is 16.8 Å². The van der Waals surface area contributed by atoms with Gasteiger partial charge >= 0.3 is 0 Å². The molecule has 0 bridgehead atoms. The predicted octanol–water partition coefficient (Wildman–Crippen LogP) is 0.854. The van der Waals surface area contributed by atoms with Crippen molar-refractivity contribution >= 4 is 34.3 Å². The first kappa shape index (κ1) is 11.1. The maximum Gasteiger partial charge on any atom is 0.241 e. The van der Waals surface area contributed by atoms with E-state index >= 15 is 0 Å². The number of carbonyl (C=O) groups is 2. The van der Waals surface area contributed by atoms with Crippen molar-refractivity contribution in [2.45, 2.75) is 6.42 Å². The van der Waals surface area contributed by atoms with Gasteiger partial charge in [-0.15, -0.1) is 0 Å². The lowest BCUT2D eigenvalue weighted by Gasteiger charge is -2.00. The van der Waals surface area contributed by atoms with Crippen LogP contribution in [-0.2, 0) is 4.79 Å². The Kier molecular flexibility index (Phi) is 4.02. The van der Waals surface area contributed by atoms with E-state index in [1.165, 1.54) is 0 Å². The van der Waals surface area contributed by atoms with Crippen LogP contribution < -0.4 is 11.3 Å². The number of rotatable bonds is 3. The smallest absolute Gasteiger partial charge is 0.241 e. The Balaban J connectivity index is 2.75. The molecule has 0 radical (unpaired) electrons. The van der Waals surface area contributed by atoms with Gasteiger partial charge in [-0.25, -0.2) is 5.84 Å². The minimum absolute atomic E-state index is 0.212. The van der Waals surface area contributed by atoms with Crippen molar-refractivity contribution in [3.05, 3.63) is 33.4 Å². The molecule has 0 aliphatic heterocycles. The van der Waals surface area contributed by atoms with Gasteiger partial charge in [0, 0.05) is 9.13 Å². The molecule has 1 amide bonds. The van der Waals surface area contributed by atoms with E-state index in [2.05, 4.69) is 22.6 Å². The molecule has 3 N–H and O–H groups in total. The molecule has 0 spiro atoms. The number of carbonyl (C=O) groups excluding carboxylic acids is 2. The fourth-order valence-electron chi connectivity index (χ4n) is 0.961. The van der Waals surface area contributed by atoms with Crippen LogP contribution in [0.25, 0.3) is 0 Å². The fraction of sp³-hybridized carbons (Fsp3) is 0.111. The van der Waals surface area contributed by atoms with Gasteiger partial charge in [-0.05, 0) is 34.7 Å². The van der Waals surface area contributed by atoms with Gasteiger partial charge in [0.1, 0.15) is 0 Å². The number of hydrogen-bond donors (Lipinski definition) is 2. The molecule has 14 heavy (non-hydrogen) atoms. The van der Waals surface area contributed by atoms with Crippen molar-refractivity contribution in [2.24, 2.45) is 5.84 Å². The van der Waals surface area contributed by atoms with Crippen LogP contribution in [0, 0.1) is 3.57 Å². The average Bonchev–Trinajstić information content (AvgIpc) is 2.17. The molecular weight excluding hydrogens is 295 g/mol. The van der Waals surface area contributed by atoms with Crippen LogP contribution in [0.3, 0.4) is 0 Å². The summed E-state index contributed by atoms with van der Waals surface area (Å²) in [5, 5.41) is 0. The second-order valence-corrected chi connectivity index (χ2v) is 3.92. The zero-order valence-electron chi connectivity index (χ0n) is 7.29. The average molecular weight is 304 g/mol. The Morgan fingerprint density at radius 2 is 2.14 bits per heavy atom. The SMILES string of the molecule is NNC(=O)CC(=O)c1cccc(I)c1. The van der Waals surface area contributed by atoms with Crippen LogP contribution in [0.5, 0.6) is 0 Å². The normalized spacial score (nSPS) is 9.57. The summed E-state index contributed by atoms with van der Waals surface area (Å²) in [7, 11) is 0. The van der Waals surface area contributed by atoms with Crippen LogP contribution >= 0.6 is 22.6 Å². The second-order valence-electron chi connectivity index (χ2n) is 2.68. The lowest BCUT2D eigenvalue weighted by atomic mass is 10.1. The standard InChI is InChI=1S/C9H9IN2O2/c10-7-3-1-2-6(4-7)8(13)5-9(14)12-11/h1-4H,5,11H2,(H,12,14). The van der Waals surface area contributed by atoms with Crippen LogP contribution in [0.15, 0.2) is 24.3 Å². The van der Waals surface area contributed by atoms with Gasteiger partial charge in [-0.3, -0.25) is 15.0 Å². The number of hydrogen-bond acceptors (Lipinski definition) is 3. The number of nitrogens with one attached hydrogen (secondary N) is 1. The molecule has 1 rings (SSSR count). The highest BCUT2D eigenvalue weighted by molar-refractivity contribution is 14.1. The highest BCUT2D eigenvalue weighted by atomic mass is 127. The molecule has 0 aliphatic rings. The summed E-state index contributed by atoms with van der Waals surface area (Å²) in [5.74, 6) is 4.17. The third-order valence-corrected chi connectivity index (χ3v) is 2.30. The Morgan fingerprint density at radius 1 is 1.43 bits per heavy atom. The second kappa shape index (κ2) is 5.06. The van der Waals surface area contributed by atoms with Gasteiger partial charge in [0.2, 0.25) is 5.91 Å². The summed E-state index contributed by atoms with van der Waals surface area (Å²) >= 11 is 2.10. The maximum atomic E-state index is 11.4. The minimum Gasteiger partial charge on any atom is -0.294 e. The summed E-state index contributed by atoms with van der Waals surface area (Å²) in [6.45, 7) is 0. The van der Waals surface area contributed by atoms with Crippen molar-refractivity contribution < 1.29 is 9.59 Å². The summed E-state index contributed by atoms with van der Waals surface area (Å²) in [6, 6.07) is 7.05. The highest BCUT2D eigenvalue weighted by Crippen LogP contribution is 2.09. The number of benzene rings is 1. The minimum atomic E-state index is -0.478. The zero-order chi connectivity index (χ0) is 10.6. The van der Waals surface area contributed by atoms with Crippen molar-refractivity contribution in [2.75, 3.05) is 0 Å². The van der Waals surface area contributed by atoms with Crippen molar-refractivity contribution in [3.8, 4) is 0 Å². The molecule has 0 saturated heterocycles. The fourth-order valence-corrected chi connectivity index (χ4v) is 1.50. The zero-order valence-corrected chi connectivity index (χ0v) is 9.45. The summed E-state index contributed by atoms with van der Waals surface area (Å²) in [4.78, 5) is 22.3. The van der Waals surface area contributed by atoms with Crippen molar-refractivity contribution in [1.29, 1.82) is 0 Å². The van der Waals surface area contributed by atoms with Gasteiger partial charge in [-0.2, -0.15) is 0 Å². The number of nitrogens with two attached hydrogens (primary N) is 1. The van der Waals surface area contributed by atoms with Crippen LogP contribution in [0.4, 0.5) is 0 Å². The molecule has 0 atom stereocenters. The third-order valence-electron chi connectivity index (χ3n) is 1.63. The predicted molar refractivity (Wildman–Crippen MR) is 60.4 cm³/mol. The first-order chi connectivity index (χ1) is 6.63. The Bertz CT molecular complexity index is 366. The molecule has 4 nitrogen and oxygen atoms in total. The lowest BCUT2D eigenvalue weighted by molar-refractivity contribution is -0.120. The largest absolute Gasteiger partial charge is 0.294 e. The van der Waals surface area contributed by atoms with E-state index in [1.54, 1.807) is 18.2 Å². The number of amides is 1. The van der Waals surface area contributed by atoms with Crippen LogP contribution in [-0.4, -0.2) is 11.7 Å². The van der Waals surface area contributed by atoms with E-state index < -0.39 is 5.91 Å².